The van der Waals surface area contributed by atoms with Crippen molar-refractivity contribution in [2.45, 2.75) is 90.8 Å². The molecule has 0 heterocycles. The zero-order valence-electron chi connectivity index (χ0n) is 17.0. The number of fused-ring (bicyclic) bond motifs is 5. The summed E-state index contributed by atoms with van der Waals surface area (Å²) in [6.07, 6.45) is 12.3. The van der Waals surface area contributed by atoms with Crippen LogP contribution in [0.4, 0.5) is 0 Å². The molecule has 0 N–H and O–H groups in total. The van der Waals surface area contributed by atoms with E-state index in [1.165, 1.54) is 38.5 Å². The summed E-state index contributed by atoms with van der Waals surface area (Å²) >= 11 is 0. The maximum Gasteiger partial charge on any atom is 1.00 e. The van der Waals surface area contributed by atoms with Crippen molar-refractivity contribution < 1.29 is 28.7 Å². The molecule has 0 aliphatic heterocycles. The van der Waals surface area contributed by atoms with Crippen LogP contribution in [0.25, 0.3) is 0 Å². The van der Waals surface area contributed by atoms with Gasteiger partial charge in [-0.15, -0.1) is 5.76 Å². The molecular weight excluding hydrogens is 303 g/mol. The van der Waals surface area contributed by atoms with E-state index in [1.54, 1.807) is 0 Å². The van der Waals surface area contributed by atoms with Crippen molar-refractivity contribution in [1.82, 2.24) is 0 Å². The Balaban J connectivity index is 0.00000182. The Morgan fingerprint density at radius 3 is 2.52 bits per heavy atom. The minimum Gasteiger partial charge on any atom is -0.876 e. The third-order valence-electron chi connectivity index (χ3n) is 8.01. The van der Waals surface area contributed by atoms with Crippen LogP contribution in [-0.4, -0.2) is 11.7 Å². The van der Waals surface area contributed by atoms with Crippen LogP contribution in [0.3, 0.4) is 0 Å². The van der Waals surface area contributed by atoms with Gasteiger partial charge in [-0.3, -0.25) is 0 Å². The van der Waals surface area contributed by atoms with Crippen LogP contribution in [0.5, 0.6) is 0 Å². The molecule has 4 aliphatic carbocycles. The van der Waals surface area contributed by atoms with Crippen LogP contribution in [0.1, 0.15) is 79.1 Å². The summed E-state index contributed by atoms with van der Waals surface area (Å²) in [4.78, 5) is 0. The number of hydrogen-bond acceptors (Lipinski definition) is 2. The fourth-order valence-electron chi connectivity index (χ4n) is 7.04. The van der Waals surface area contributed by atoms with Gasteiger partial charge in [0.2, 0.25) is 0 Å². The molecule has 0 aromatic rings. The summed E-state index contributed by atoms with van der Waals surface area (Å²) in [5.41, 5.74) is 0.352. The zero-order chi connectivity index (χ0) is 17.1. The first-order chi connectivity index (χ1) is 11.3. The second-order valence-corrected chi connectivity index (χ2v) is 10.4. The van der Waals surface area contributed by atoms with Crippen molar-refractivity contribution in [3.05, 3.63) is 11.8 Å². The van der Waals surface area contributed by atoms with Gasteiger partial charge < -0.3 is 9.84 Å². The monoisotopic (exact) mass is 338 g/mol. The normalized spacial score (nSPS) is 46.3. The predicted octanol–water partition coefficient (Wildman–Crippen LogP) is 1.68. The summed E-state index contributed by atoms with van der Waals surface area (Å²) in [6, 6.07) is 0. The van der Waals surface area contributed by atoms with Gasteiger partial charge in [0.05, 0.1) is 11.7 Å². The first-order valence-electron chi connectivity index (χ1n) is 10.3. The topological polar surface area (TPSA) is 32.3 Å². The molecule has 0 spiro atoms. The summed E-state index contributed by atoms with van der Waals surface area (Å²) in [5, 5.41) is 11.8. The Labute approximate surface area is 166 Å². The van der Waals surface area contributed by atoms with Crippen molar-refractivity contribution in [2.75, 3.05) is 0 Å². The molecule has 0 radical (unpaired) electrons. The fourth-order valence-corrected chi connectivity index (χ4v) is 7.04. The molecule has 0 amide bonds. The first kappa shape index (κ1) is 19.8. The van der Waals surface area contributed by atoms with E-state index >= 15 is 0 Å². The molecule has 4 aliphatic rings. The maximum atomic E-state index is 11.8. The van der Waals surface area contributed by atoms with E-state index < -0.39 is 0 Å². The van der Waals surface area contributed by atoms with Gasteiger partial charge in [0, 0.05) is 0 Å². The Morgan fingerprint density at radius 2 is 1.80 bits per heavy atom. The Hall–Kier alpha value is 0.0974. The number of allylic oxidation sites excluding steroid dienone is 2. The van der Waals surface area contributed by atoms with E-state index in [1.807, 2.05) is 6.08 Å². The summed E-state index contributed by atoms with van der Waals surface area (Å²) in [5.74, 6) is 4.52. The minimum absolute atomic E-state index is 0. The van der Waals surface area contributed by atoms with Gasteiger partial charge in [-0.25, -0.2) is 0 Å². The predicted molar refractivity (Wildman–Crippen MR) is 95.2 cm³/mol. The van der Waals surface area contributed by atoms with Crippen molar-refractivity contribution in [2.24, 2.45) is 35.0 Å². The van der Waals surface area contributed by atoms with E-state index in [4.69, 9.17) is 4.74 Å². The fraction of sp³-hybridized carbons (Fsp3) is 0.909. The summed E-state index contributed by atoms with van der Waals surface area (Å²) in [7, 11) is 0. The Morgan fingerprint density at radius 1 is 1.04 bits per heavy atom. The molecule has 0 aromatic carbocycles. The second kappa shape index (κ2) is 6.92. The molecule has 136 valence electrons. The van der Waals surface area contributed by atoms with Crippen LogP contribution in [0.15, 0.2) is 11.8 Å². The maximum absolute atomic E-state index is 11.8. The molecule has 25 heavy (non-hydrogen) atoms. The average molecular weight is 338 g/mol. The van der Waals surface area contributed by atoms with Crippen molar-refractivity contribution in [1.29, 1.82) is 0 Å². The van der Waals surface area contributed by atoms with Gasteiger partial charge in [0.1, 0.15) is 0 Å². The smallest absolute Gasteiger partial charge is 0.876 e. The van der Waals surface area contributed by atoms with Gasteiger partial charge in [0.15, 0.2) is 0 Å². The standard InChI is InChI=1S/C22H36O2.Li/c1-21(2,3)24-20-10-9-19-18-7-5-14-13-15(23)6-8-16(14)17(18)11-12-22(19,20)4;/h6,14,16-20,23H,5,7-13H2,1-4H3;/q;+1/p-1/t14-,16-,17?,18?,19?,20-,22-;/m0./s1. The largest absolute Gasteiger partial charge is 1.00 e. The molecule has 2 nitrogen and oxygen atoms in total. The molecule has 3 unspecified atom stereocenters. The third kappa shape index (κ3) is 3.49. The van der Waals surface area contributed by atoms with E-state index in [0.717, 1.165) is 36.5 Å². The van der Waals surface area contributed by atoms with Crippen LogP contribution in [0, 0.1) is 35.0 Å². The molecule has 3 saturated carbocycles. The van der Waals surface area contributed by atoms with Gasteiger partial charge in [-0.1, -0.05) is 13.0 Å². The summed E-state index contributed by atoms with van der Waals surface area (Å²) in [6.45, 7) is 9.14. The molecule has 0 aromatic heterocycles. The van der Waals surface area contributed by atoms with Gasteiger partial charge in [0.25, 0.3) is 0 Å². The zero-order valence-corrected chi connectivity index (χ0v) is 17.0. The Bertz CT molecular complexity index is 523. The van der Waals surface area contributed by atoms with E-state index in [-0.39, 0.29) is 24.5 Å². The van der Waals surface area contributed by atoms with Crippen molar-refractivity contribution in [3.63, 3.8) is 0 Å². The van der Waals surface area contributed by atoms with Gasteiger partial charge >= 0.3 is 18.9 Å². The quantitative estimate of drug-likeness (QED) is 0.682. The molecule has 3 heteroatoms. The Kier molecular flexibility index (Phi) is 5.50. The molecule has 4 rings (SSSR count). The molecule has 3 fully saturated rings. The molecule has 0 bridgehead atoms. The van der Waals surface area contributed by atoms with Gasteiger partial charge in [-0.05, 0) is 107 Å². The van der Waals surface area contributed by atoms with E-state index in [2.05, 4.69) is 27.7 Å². The second-order valence-electron chi connectivity index (χ2n) is 10.4. The summed E-state index contributed by atoms with van der Waals surface area (Å²) < 4.78 is 6.52. The number of hydrogen-bond donors (Lipinski definition) is 0. The average Bonchev–Trinajstić information content (AvgIpc) is 2.82. The third-order valence-corrected chi connectivity index (χ3v) is 8.01. The number of ether oxygens (including phenoxy) is 1. The van der Waals surface area contributed by atoms with E-state index in [9.17, 15) is 5.11 Å². The van der Waals surface area contributed by atoms with E-state index in [0.29, 0.717) is 23.2 Å². The first-order valence-corrected chi connectivity index (χ1v) is 10.3. The van der Waals surface area contributed by atoms with Crippen molar-refractivity contribution >= 4 is 0 Å². The molecule has 7 atom stereocenters. The van der Waals surface area contributed by atoms with Crippen LogP contribution >= 0.6 is 0 Å². The van der Waals surface area contributed by atoms with Crippen LogP contribution < -0.4 is 24.0 Å². The number of rotatable bonds is 1. The minimum atomic E-state index is -0.0320. The van der Waals surface area contributed by atoms with Crippen molar-refractivity contribution in [3.8, 4) is 0 Å². The SMILES string of the molecule is CC(C)(C)O[C@H]1CCC2C3CC[C@H]4CC([O-])=CC[C@@H]4C3CC[C@@]21C.[Li+]. The van der Waals surface area contributed by atoms with Crippen LogP contribution in [0.2, 0.25) is 0 Å². The molecule has 0 saturated heterocycles. The molecular formula is C22H35LiO2. The van der Waals surface area contributed by atoms with Crippen LogP contribution in [-0.2, 0) is 4.74 Å². The van der Waals surface area contributed by atoms with Gasteiger partial charge in [-0.2, -0.15) is 0 Å².